The number of nitrogens with one attached hydrogen (secondary N) is 1. The molecule has 0 fully saturated rings. The fraction of sp³-hybridized carbons (Fsp3) is 0.353. The highest BCUT2D eigenvalue weighted by Crippen LogP contribution is 2.30. The lowest BCUT2D eigenvalue weighted by molar-refractivity contribution is 0.297. The van der Waals surface area contributed by atoms with E-state index in [1.54, 1.807) is 6.20 Å². The van der Waals surface area contributed by atoms with Gasteiger partial charge in [-0.15, -0.1) is 0 Å². The SMILES string of the molecule is C[C@H](NCc1ccc2c(c1)OCCCO2)c1cccnc1. The molecule has 1 aliphatic rings. The Balaban J connectivity index is 1.64. The van der Waals surface area contributed by atoms with Gasteiger partial charge in [0.1, 0.15) is 0 Å². The zero-order valence-electron chi connectivity index (χ0n) is 12.2. The first-order valence-corrected chi connectivity index (χ1v) is 7.35. The van der Waals surface area contributed by atoms with E-state index in [4.69, 9.17) is 9.47 Å². The van der Waals surface area contributed by atoms with Gasteiger partial charge in [0, 0.05) is 31.4 Å². The zero-order valence-corrected chi connectivity index (χ0v) is 12.2. The van der Waals surface area contributed by atoms with Crippen LogP contribution in [0.5, 0.6) is 11.5 Å². The summed E-state index contributed by atoms with van der Waals surface area (Å²) in [6.07, 6.45) is 4.62. The summed E-state index contributed by atoms with van der Waals surface area (Å²) in [5.41, 5.74) is 2.38. The Kier molecular flexibility index (Phi) is 4.36. The maximum atomic E-state index is 5.72. The number of hydrogen-bond donors (Lipinski definition) is 1. The number of hydrogen-bond acceptors (Lipinski definition) is 4. The first-order valence-electron chi connectivity index (χ1n) is 7.35. The molecule has 0 amide bonds. The summed E-state index contributed by atoms with van der Waals surface area (Å²) < 4.78 is 11.4. The second kappa shape index (κ2) is 6.59. The molecule has 2 heterocycles. The smallest absolute Gasteiger partial charge is 0.161 e. The van der Waals surface area contributed by atoms with Crippen LogP contribution >= 0.6 is 0 Å². The van der Waals surface area contributed by atoms with Crippen LogP contribution in [-0.4, -0.2) is 18.2 Å². The van der Waals surface area contributed by atoms with Gasteiger partial charge < -0.3 is 14.8 Å². The minimum atomic E-state index is 0.259. The summed E-state index contributed by atoms with van der Waals surface area (Å²) in [5, 5.41) is 3.50. The Bertz CT molecular complexity index is 587. The molecule has 2 aromatic rings. The molecule has 0 aliphatic carbocycles. The summed E-state index contributed by atoms with van der Waals surface area (Å²) in [4.78, 5) is 4.15. The number of benzene rings is 1. The van der Waals surface area contributed by atoms with Gasteiger partial charge in [0.05, 0.1) is 13.2 Å². The molecule has 1 atom stereocenters. The molecular weight excluding hydrogens is 264 g/mol. The molecule has 1 aromatic heterocycles. The van der Waals surface area contributed by atoms with E-state index in [9.17, 15) is 0 Å². The third-order valence-corrected chi connectivity index (χ3v) is 3.61. The maximum Gasteiger partial charge on any atom is 0.161 e. The van der Waals surface area contributed by atoms with Crippen molar-refractivity contribution in [1.29, 1.82) is 0 Å². The number of aromatic nitrogens is 1. The van der Waals surface area contributed by atoms with Gasteiger partial charge in [-0.2, -0.15) is 0 Å². The lowest BCUT2D eigenvalue weighted by Gasteiger charge is -2.15. The normalized spacial score (nSPS) is 15.3. The van der Waals surface area contributed by atoms with Gasteiger partial charge in [-0.3, -0.25) is 4.98 Å². The lowest BCUT2D eigenvalue weighted by Crippen LogP contribution is -2.18. The Labute approximate surface area is 125 Å². The number of ether oxygens (including phenoxy) is 2. The molecule has 0 unspecified atom stereocenters. The summed E-state index contributed by atoms with van der Waals surface area (Å²) >= 11 is 0. The van der Waals surface area contributed by atoms with E-state index < -0.39 is 0 Å². The van der Waals surface area contributed by atoms with Crippen LogP contribution in [0.3, 0.4) is 0 Å². The van der Waals surface area contributed by atoms with Crippen LogP contribution in [0.2, 0.25) is 0 Å². The standard InChI is InChI=1S/C17H20N2O2/c1-13(15-4-2-7-18-12-15)19-11-14-5-6-16-17(10-14)21-9-3-8-20-16/h2,4-7,10,12-13,19H,3,8-9,11H2,1H3/t13-/m0/s1. The van der Waals surface area contributed by atoms with Crippen LogP contribution in [0.1, 0.15) is 30.5 Å². The van der Waals surface area contributed by atoms with Crippen LogP contribution in [0, 0.1) is 0 Å². The highest BCUT2D eigenvalue weighted by molar-refractivity contribution is 5.43. The van der Waals surface area contributed by atoms with Crippen molar-refractivity contribution in [3.8, 4) is 11.5 Å². The molecule has 1 N–H and O–H groups in total. The number of nitrogens with zero attached hydrogens (tertiary/aromatic N) is 1. The number of rotatable bonds is 4. The zero-order chi connectivity index (χ0) is 14.5. The van der Waals surface area contributed by atoms with Gasteiger partial charge >= 0.3 is 0 Å². The van der Waals surface area contributed by atoms with Crippen molar-refractivity contribution in [1.82, 2.24) is 10.3 Å². The van der Waals surface area contributed by atoms with Gasteiger partial charge in [-0.05, 0) is 36.2 Å². The molecule has 3 rings (SSSR count). The quantitative estimate of drug-likeness (QED) is 0.937. The second-order valence-electron chi connectivity index (χ2n) is 5.22. The van der Waals surface area contributed by atoms with Crippen LogP contribution < -0.4 is 14.8 Å². The number of fused-ring (bicyclic) bond motifs is 1. The summed E-state index contributed by atoms with van der Waals surface area (Å²) in [6, 6.07) is 10.4. The van der Waals surface area contributed by atoms with Crippen molar-refractivity contribution in [2.24, 2.45) is 0 Å². The minimum absolute atomic E-state index is 0.259. The Hall–Kier alpha value is -2.07. The van der Waals surface area contributed by atoms with E-state index >= 15 is 0 Å². The van der Waals surface area contributed by atoms with Crippen LogP contribution in [0.4, 0.5) is 0 Å². The van der Waals surface area contributed by atoms with Crippen molar-refractivity contribution in [3.05, 3.63) is 53.9 Å². The van der Waals surface area contributed by atoms with Gasteiger partial charge in [-0.25, -0.2) is 0 Å². The average molecular weight is 284 g/mol. The van der Waals surface area contributed by atoms with Crippen molar-refractivity contribution < 1.29 is 9.47 Å². The average Bonchev–Trinajstić information content (AvgIpc) is 2.78. The van der Waals surface area contributed by atoms with E-state index in [-0.39, 0.29) is 6.04 Å². The molecule has 1 aromatic carbocycles. The Morgan fingerprint density at radius 2 is 2.05 bits per heavy atom. The van der Waals surface area contributed by atoms with Crippen molar-refractivity contribution in [2.75, 3.05) is 13.2 Å². The Morgan fingerprint density at radius 3 is 2.86 bits per heavy atom. The van der Waals surface area contributed by atoms with Gasteiger partial charge in [0.25, 0.3) is 0 Å². The highest BCUT2D eigenvalue weighted by Gasteiger charge is 2.11. The molecule has 0 bridgehead atoms. The molecule has 0 radical (unpaired) electrons. The largest absolute Gasteiger partial charge is 0.490 e. The van der Waals surface area contributed by atoms with Gasteiger partial charge in [0.2, 0.25) is 0 Å². The molecule has 21 heavy (non-hydrogen) atoms. The predicted octanol–water partition coefficient (Wildman–Crippen LogP) is 3.09. The molecule has 0 saturated heterocycles. The summed E-state index contributed by atoms with van der Waals surface area (Å²) in [7, 11) is 0. The molecule has 0 spiro atoms. The molecule has 1 aliphatic heterocycles. The van der Waals surface area contributed by atoms with Crippen molar-refractivity contribution in [3.63, 3.8) is 0 Å². The van der Waals surface area contributed by atoms with E-state index in [0.29, 0.717) is 0 Å². The predicted molar refractivity (Wildman–Crippen MR) is 81.5 cm³/mol. The minimum Gasteiger partial charge on any atom is -0.490 e. The van der Waals surface area contributed by atoms with Gasteiger partial charge in [-0.1, -0.05) is 12.1 Å². The topological polar surface area (TPSA) is 43.4 Å². The van der Waals surface area contributed by atoms with Gasteiger partial charge in [0.15, 0.2) is 11.5 Å². The fourth-order valence-corrected chi connectivity index (χ4v) is 2.34. The first-order chi connectivity index (χ1) is 10.3. The van der Waals surface area contributed by atoms with Crippen LogP contribution in [0.15, 0.2) is 42.7 Å². The third-order valence-electron chi connectivity index (χ3n) is 3.61. The molecule has 4 nitrogen and oxygen atoms in total. The van der Waals surface area contributed by atoms with Crippen molar-refractivity contribution >= 4 is 0 Å². The van der Waals surface area contributed by atoms with E-state index in [1.165, 1.54) is 11.1 Å². The number of pyridine rings is 1. The van der Waals surface area contributed by atoms with Crippen LogP contribution in [-0.2, 0) is 6.54 Å². The van der Waals surface area contributed by atoms with E-state index in [2.05, 4.69) is 35.4 Å². The lowest BCUT2D eigenvalue weighted by atomic mass is 10.1. The molecule has 4 heteroatoms. The van der Waals surface area contributed by atoms with Crippen LogP contribution in [0.25, 0.3) is 0 Å². The van der Waals surface area contributed by atoms with Crippen molar-refractivity contribution in [2.45, 2.75) is 25.9 Å². The summed E-state index contributed by atoms with van der Waals surface area (Å²) in [6.45, 7) is 4.37. The fourth-order valence-electron chi connectivity index (χ4n) is 2.34. The van der Waals surface area contributed by atoms with E-state index in [1.807, 2.05) is 18.3 Å². The molecule has 110 valence electrons. The van der Waals surface area contributed by atoms with E-state index in [0.717, 1.165) is 37.7 Å². The summed E-state index contributed by atoms with van der Waals surface area (Å²) in [5.74, 6) is 1.69. The monoisotopic (exact) mass is 284 g/mol. The molecule has 0 saturated carbocycles. The highest BCUT2D eigenvalue weighted by atomic mass is 16.5. The second-order valence-corrected chi connectivity index (χ2v) is 5.22. The first kappa shape index (κ1) is 13.9. The third kappa shape index (κ3) is 3.52. The maximum absolute atomic E-state index is 5.72. The Morgan fingerprint density at radius 1 is 1.19 bits per heavy atom. The molecular formula is C17H20N2O2.